The van der Waals surface area contributed by atoms with Gasteiger partial charge in [0.15, 0.2) is 0 Å². The molecule has 0 aromatic heterocycles. The van der Waals surface area contributed by atoms with Crippen LogP contribution in [0.5, 0.6) is 0 Å². The minimum absolute atomic E-state index is 0.0215. The average molecular weight is 612 g/mol. The maximum Gasteiger partial charge on any atom is 0.243 e. The van der Waals surface area contributed by atoms with E-state index in [0.29, 0.717) is 32.3 Å². The first-order chi connectivity index (χ1) is 18.2. The lowest BCUT2D eigenvalue weighted by Gasteiger charge is -2.32. The molecular weight excluding hydrogens is 582 g/mol. The SMILES string of the molecule is CC[C@@H](C)NC(=O)[C@@H](Cc1ccccc1)N(Cc1ccc(Cl)c(Cl)c1)C(=O)CSCc1ccc(Cl)c(Cl)c1. The lowest BCUT2D eigenvalue weighted by atomic mass is 10.0. The Morgan fingerprint density at radius 2 is 1.45 bits per heavy atom. The van der Waals surface area contributed by atoms with E-state index < -0.39 is 6.04 Å². The number of carbonyl (C=O) groups excluding carboxylic acids is 2. The Kier molecular flexibility index (Phi) is 12.1. The Morgan fingerprint density at radius 1 is 0.842 bits per heavy atom. The molecule has 0 bridgehead atoms. The quantitative estimate of drug-likeness (QED) is 0.225. The molecule has 38 heavy (non-hydrogen) atoms. The molecular formula is C29H30Cl4N2O2S. The van der Waals surface area contributed by atoms with Gasteiger partial charge in [-0.05, 0) is 54.3 Å². The summed E-state index contributed by atoms with van der Waals surface area (Å²) in [6, 6.07) is 19.7. The number of carbonyl (C=O) groups is 2. The summed E-state index contributed by atoms with van der Waals surface area (Å²) < 4.78 is 0. The van der Waals surface area contributed by atoms with E-state index in [9.17, 15) is 9.59 Å². The average Bonchev–Trinajstić information content (AvgIpc) is 2.90. The van der Waals surface area contributed by atoms with Gasteiger partial charge in [0.2, 0.25) is 11.8 Å². The van der Waals surface area contributed by atoms with Crippen LogP contribution >= 0.6 is 58.2 Å². The van der Waals surface area contributed by atoms with Gasteiger partial charge in [0.05, 0.1) is 25.8 Å². The molecule has 0 fully saturated rings. The summed E-state index contributed by atoms with van der Waals surface area (Å²) in [5.74, 6) is 0.419. The second-order valence-electron chi connectivity index (χ2n) is 9.03. The van der Waals surface area contributed by atoms with E-state index in [0.717, 1.165) is 23.1 Å². The van der Waals surface area contributed by atoms with Gasteiger partial charge in [0, 0.05) is 24.8 Å². The Morgan fingerprint density at radius 3 is 2.05 bits per heavy atom. The zero-order valence-electron chi connectivity index (χ0n) is 21.2. The van der Waals surface area contributed by atoms with Crippen molar-refractivity contribution >= 4 is 70.0 Å². The van der Waals surface area contributed by atoms with Crippen LogP contribution in [0.1, 0.15) is 37.0 Å². The van der Waals surface area contributed by atoms with Crippen molar-refractivity contribution in [3.05, 3.63) is 104 Å². The lowest BCUT2D eigenvalue weighted by Crippen LogP contribution is -2.52. The number of nitrogens with one attached hydrogen (secondary N) is 1. The third-order valence-electron chi connectivity index (χ3n) is 6.09. The minimum atomic E-state index is -0.709. The molecule has 0 heterocycles. The van der Waals surface area contributed by atoms with Gasteiger partial charge in [-0.25, -0.2) is 0 Å². The Bertz CT molecular complexity index is 1240. The predicted molar refractivity (Wildman–Crippen MR) is 161 cm³/mol. The smallest absolute Gasteiger partial charge is 0.243 e. The second kappa shape index (κ2) is 15.0. The number of hydrogen-bond acceptors (Lipinski definition) is 3. The molecule has 2 amide bonds. The van der Waals surface area contributed by atoms with Crippen LogP contribution in [0.3, 0.4) is 0 Å². The standard InChI is InChI=1S/C29H30Cl4N2O2S/c1-3-19(2)34-29(37)27(15-20-7-5-4-6-8-20)35(16-21-9-11-23(30)25(32)13-21)28(36)18-38-17-22-10-12-24(31)26(33)14-22/h4-14,19,27H,3,15-18H2,1-2H3,(H,34,37)/t19-,27-/m1/s1. The maximum absolute atomic E-state index is 13.7. The zero-order chi connectivity index (χ0) is 27.7. The van der Waals surface area contributed by atoms with Gasteiger partial charge in [-0.1, -0.05) is 95.8 Å². The highest BCUT2D eigenvalue weighted by Gasteiger charge is 2.31. The lowest BCUT2D eigenvalue weighted by molar-refractivity contribution is -0.139. The van der Waals surface area contributed by atoms with E-state index in [4.69, 9.17) is 46.4 Å². The van der Waals surface area contributed by atoms with Gasteiger partial charge in [-0.3, -0.25) is 9.59 Å². The van der Waals surface area contributed by atoms with Gasteiger partial charge >= 0.3 is 0 Å². The molecule has 3 rings (SSSR count). The summed E-state index contributed by atoms with van der Waals surface area (Å²) in [6.07, 6.45) is 1.16. The number of nitrogens with zero attached hydrogens (tertiary/aromatic N) is 1. The largest absolute Gasteiger partial charge is 0.352 e. The summed E-state index contributed by atoms with van der Waals surface area (Å²) in [5, 5.41) is 4.86. The van der Waals surface area contributed by atoms with E-state index in [1.54, 1.807) is 29.2 Å². The van der Waals surface area contributed by atoms with Gasteiger partial charge < -0.3 is 10.2 Å². The van der Waals surface area contributed by atoms with Gasteiger partial charge in [-0.15, -0.1) is 11.8 Å². The van der Waals surface area contributed by atoms with Crippen molar-refractivity contribution in [2.24, 2.45) is 0 Å². The van der Waals surface area contributed by atoms with Crippen molar-refractivity contribution in [2.75, 3.05) is 5.75 Å². The van der Waals surface area contributed by atoms with Gasteiger partial charge in [0.25, 0.3) is 0 Å². The molecule has 0 saturated carbocycles. The monoisotopic (exact) mass is 610 g/mol. The molecule has 202 valence electrons. The fourth-order valence-electron chi connectivity index (χ4n) is 3.80. The third-order valence-corrected chi connectivity index (χ3v) is 8.55. The Balaban J connectivity index is 1.87. The van der Waals surface area contributed by atoms with Crippen molar-refractivity contribution in [3.8, 4) is 0 Å². The van der Waals surface area contributed by atoms with Crippen LogP contribution in [0, 0.1) is 0 Å². The van der Waals surface area contributed by atoms with Crippen molar-refractivity contribution in [1.29, 1.82) is 0 Å². The molecule has 0 spiro atoms. The molecule has 0 aliphatic rings. The molecule has 3 aromatic rings. The van der Waals surface area contributed by atoms with E-state index in [1.807, 2.05) is 56.3 Å². The summed E-state index contributed by atoms with van der Waals surface area (Å²) in [4.78, 5) is 28.9. The number of rotatable bonds is 12. The Labute approximate surface area is 249 Å². The van der Waals surface area contributed by atoms with Crippen molar-refractivity contribution in [2.45, 2.75) is 51.1 Å². The summed E-state index contributed by atoms with van der Waals surface area (Å²) in [7, 11) is 0. The normalized spacial score (nSPS) is 12.6. The van der Waals surface area contributed by atoms with Crippen LogP contribution in [-0.2, 0) is 28.3 Å². The molecule has 9 heteroatoms. The zero-order valence-corrected chi connectivity index (χ0v) is 25.1. The summed E-state index contributed by atoms with van der Waals surface area (Å²) >= 11 is 26.0. The molecule has 3 aromatic carbocycles. The maximum atomic E-state index is 13.7. The van der Waals surface area contributed by atoms with Crippen molar-refractivity contribution in [3.63, 3.8) is 0 Å². The minimum Gasteiger partial charge on any atom is -0.352 e. The molecule has 2 atom stereocenters. The molecule has 0 radical (unpaired) electrons. The molecule has 0 saturated heterocycles. The number of thioether (sulfide) groups is 1. The highest BCUT2D eigenvalue weighted by Crippen LogP contribution is 2.27. The topological polar surface area (TPSA) is 49.4 Å². The first-order valence-electron chi connectivity index (χ1n) is 12.3. The number of amides is 2. The van der Waals surface area contributed by atoms with Crippen LogP contribution < -0.4 is 5.32 Å². The first-order valence-corrected chi connectivity index (χ1v) is 14.9. The number of hydrogen-bond donors (Lipinski definition) is 1. The van der Waals surface area contributed by atoms with Crippen LogP contribution in [0.4, 0.5) is 0 Å². The highest BCUT2D eigenvalue weighted by atomic mass is 35.5. The fourth-order valence-corrected chi connectivity index (χ4v) is 5.30. The van der Waals surface area contributed by atoms with Gasteiger partial charge in [0.1, 0.15) is 6.04 Å². The van der Waals surface area contributed by atoms with Crippen molar-refractivity contribution < 1.29 is 9.59 Å². The Hall–Kier alpha value is -1.89. The molecule has 0 aliphatic carbocycles. The van der Waals surface area contributed by atoms with E-state index in [-0.39, 0.29) is 30.2 Å². The van der Waals surface area contributed by atoms with E-state index >= 15 is 0 Å². The third kappa shape index (κ3) is 9.10. The molecule has 4 nitrogen and oxygen atoms in total. The highest BCUT2D eigenvalue weighted by molar-refractivity contribution is 7.99. The van der Waals surface area contributed by atoms with Crippen LogP contribution in [0.25, 0.3) is 0 Å². The van der Waals surface area contributed by atoms with Crippen LogP contribution in [0.2, 0.25) is 20.1 Å². The predicted octanol–water partition coefficient (Wildman–Crippen LogP) is 8.09. The first kappa shape index (κ1) is 30.6. The van der Waals surface area contributed by atoms with E-state index in [2.05, 4.69) is 5.32 Å². The van der Waals surface area contributed by atoms with E-state index in [1.165, 1.54) is 11.8 Å². The number of halogens is 4. The summed E-state index contributed by atoms with van der Waals surface area (Å²) in [5.41, 5.74) is 2.72. The second-order valence-corrected chi connectivity index (χ2v) is 11.6. The molecule has 1 N–H and O–H groups in total. The van der Waals surface area contributed by atoms with Crippen LogP contribution in [-0.4, -0.2) is 34.6 Å². The van der Waals surface area contributed by atoms with Crippen molar-refractivity contribution in [1.82, 2.24) is 10.2 Å². The number of benzene rings is 3. The summed E-state index contributed by atoms with van der Waals surface area (Å²) in [6.45, 7) is 4.18. The van der Waals surface area contributed by atoms with Gasteiger partial charge in [-0.2, -0.15) is 0 Å². The fraction of sp³-hybridized carbons (Fsp3) is 0.310. The molecule has 0 aliphatic heterocycles. The van der Waals surface area contributed by atoms with Crippen LogP contribution in [0.15, 0.2) is 66.7 Å². The molecule has 0 unspecified atom stereocenters.